The van der Waals surface area contributed by atoms with Gasteiger partial charge >= 0.3 is 0 Å². The van der Waals surface area contributed by atoms with Crippen molar-refractivity contribution >= 4 is 11.6 Å². The molecule has 0 heterocycles. The fourth-order valence-electron chi connectivity index (χ4n) is 4.28. The van der Waals surface area contributed by atoms with Crippen molar-refractivity contribution in [3.63, 3.8) is 0 Å². The molecule has 2 aromatic carbocycles. The van der Waals surface area contributed by atoms with Crippen LogP contribution in [0, 0.1) is 13.8 Å². The van der Waals surface area contributed by atoms with Crippen LogP contribution in [-0.4, -0.2) is 10.2 Å². The molecule has 0 amide bonds. The lowest BCUT2D eigenvalue weighted by molar-refractivity contribution is 0.468. The van der Waals surface area contributed by atoms with Crippen LogP contribution < -0.4 is 0 Å². The van der Waals surface area contributed by atoms with E-state index in [0.29, 0.717) is 5.75 Å². The first-order chi connectivity index (χ1) is 10.9. The number of fused-ring (bicyclic) bond motifs is 4. The summed E-state index contributed by atoms with van der Waals surface area (Å²) < 4.78 is 0. The summed E-state index contributed by atoms with van der Waals surface area (Å²) in [6.45, 7) is 8.35. The molecule has 0 aliphatic heterocycles. The molecule has 1 spiro atoms. The number of hydrogen-bond donors (Lipinski definition) is 2. The number of benzene rings is 2. The van der Waals surface area contributed by atoms with Crippen LogP contribution in [0.1, 0.15) is 47.2 Å². The van der Waals surface area contributed by atoms with E-state index in [4.69, 9.17) is 0 Å². The number of phenolic OH excluding ortho intramolecular Hbond substituents is 2. The van der Waals surface area contributed by atoms with E-state index < -0.39 is 0 Å². The number of hydrogen-bond acceptors (Lipinski definition) is 2. The molecule has 2 nitrogen and oxygen atoms in total. The van der Waals surface area contributed by atoms with Gasteiger partial charge in [-0.25, -0.2) is 0 Å². The highest BCUT2D eigenvalue weighted by atomic mass is 16.3. The molecule has 2 aliphatic rings. The maximum absolute atomic E-state index is 10.4. The molecule has 2 heteroatoms. The van der Waals surface area contributed by atoms with Gasteiger partial charge in [0.15, 0.2) is 0 Å². The second kappa shape index (κ2) is 4.29. The van der Waals surface area contributed by atoms with E-state index in [1.54, 1.807) is 6.07 Å². The minimum atomic E-state index is -0.372. The highest BCUT2D eigenvalue weighted by Crippen LogP contribution is 2.57. The van der Waals surface area contributed by atoms with Crippen LogP contribution in [0.5, 0.6) is 11.5 Å². The Hall–Kier alpha value is -2.48. The molecule has 0 unspecified atom stereocenters. The molecule has 0 aromatic heterocycles. The Morgan fingerprint density at radius 3 is 2.35 bits per heavy atom. The van der Waals surface area contributed by atoms with Crippen LogP contribution in [0.2, 0.25) is 0 Å². The summed E-state index contributed by atoms with van der Waals surface area (Å²) in [6, 6.07) is 7.44. The molecule has 116 valence electrons. The van der Waals surface area contributed by atoms with Crippen LogP contribution in [0.25, 0.3) is 11.6 Å². The Bertz CT molecular complexity index is 931. The zero-order valence-corrected chi connectivity index (χ0v) is 13.9. The number of rotatable bonds is 0. The summed E-state index contributed by atoms with van der Waals surface area (Å²) in [6.07, 6.45) is 4.32. The van der Waals surface area contributed by atoms with Crippen molar-refractivity contribution in [1.82, 2.24) is 0 Å². The average Bonchev–Trinajstić information content (AvgIpc) is 2.99. The van der Waals surface area contributed by atoms with Gasteiger partial charge in [0.25, 0.3) is 0 Å². The van der Waals surface area contributed by atoms with Gasteiger partial charge in [0.1, 0.15) is 11.5 Å². The van der Waals surface area contributed by atoms with E-state index in [0.717, 1.165) is 27.8 Å². The van der Waals surface area contributed by atoms with Crippen molar-refractivity contribution in [3.05, 3.63) is 69.3 Å². The van der Waals surface area contributed by atoms with Crippen molar-refractivity contribution in [1.29, 1.82) is 0 Å². The first-order valence-electron chi connectivity index (χ1n) is 7.92. The van der Waals surface area contributed by atoms with Crippen LogP contribution in [0.4, 0.5) is 0 Å². The second-order valence-corrected chi connectivity index (χ2v) is 6.73. The van der Waals surface area contributed by atoms with Gasteiger partial charge in [-0.1, -0.05) is 23.8 Å². The fraction of sp³-hybridized carbons (Fsp3) is 0.238. The molecular formula is C21H20O2. The third-order valence-electron chi connectivity index (χ3n) is 5.80. The van der Waals surface area contributed by atoms with Crippen LogP contribution in [-0.2, 0) is 5.41 Å². The predicted molar refractivity (Wildman–Crippen MR) is 93.8 cm³/mol. The van der Waals surface area contributed by atoms with Gasteiger partial charge in [-0.2, -0.15) is 0 Å². The Balaban J connectivity index is 2.14. The second-order valence-electron chi connectivity index (χ2n) is 6.73. The molecule has 23 heavy (non-hydrogen) atoms. The normalized spacial score (nSPS) is 21.2. The van der Waals surface area contributed by atoms with E-state index in [1.807, 2.05) is 25.1 Å². The number of allylic oxidation sites excluding steroid dienone is 3. The highest BCUT2D eigenvalue weighted by Gasteiger charge is 2.45. The van der Waals surface area contributed by atoms with Crippen molar-refractivity contribution in [2.75, 3.05) is 0 Å². The summed E-state index contributed by atoms with van der Waals surface area (Å²) in [4.78, 5) is 0. The third-order valence-corrected chi connectivity index (χ3v) is 5.80. The molecule has 0 bridgehead atoms. The molecule has 2 N–H and O–H groups in total. The molecule has 1 atom stereocenters. The summed E-state index contributed by atoms with van der Waals surface area (Å²) in [5.74, 6) is 0.615. The van der Waals surface area contributed by atoms with E-state index in [2.05, 4.69) is 32.9 Å². The molecular weight excluding hydrogens is 284 g/mol. The lowest BCUT2D eigenvalue weighted by Gasteiger charge is -2.29. The standard InChI is InChI=1S/C21H20O2/c1-11-12(2)20-13(3)14(4)21(18(20)10-19(11)23)8-7-15-5-6-16(22)9-17(15)21/h5-10,22-23H,1-4H3/t21-/m1/s1. The molecule has 0 saturated heterocycles. The number of phenols is 2. The predicted octanol–water partition coefficient (Wildman–Crippen LogP) is 4.83. The van der Waals surface area contributed by atoms with Crippen LogP contribution in [0.3, 0.4) is 0 Å². The molecule has 0 saturated carbocycles. The topological polar surface area (TPSA) is 40.5 Å². The lowest BCUT2D eigenvalue weighted by Crippen LogP contribution is -2.23. The maximum Gasteiger partial charge on any atom is 0.119 e. The first-order valence-corrected chi connectivity index (χ1v) is 7.92. The van der Waals surface area contributed by atoms with Gasteiger partial charge in [-0.15, -0.1) is 0 Å². The Morgan fingerprint density at radius 2 is 1.61 bits per heavy atom. The van der Waals surface area contributed by atoms with Gasteiger partial charge in [0, 0.05) is 0 Å². The molecule has 0 fully saturated rings. The smallest absolute Gasteiger partial charge is 0.119 e. The summed E-state index contributed by atoms with van der Waals surface area (Å²) in [7, 11) is 0. The lowest BCUT2D eigenvalue weighted by atomic mass is 9.73. The maximum atomic E-state index is 10.4. The van der Waals surface area contributed by atoms with Gasteiger partial charge in [-0.3, -0.25) is 0 Å². The fourth-order valence-corrected chi connectivity index (χ4v) is 4.28. The van der Waals surface area contributed by atoms with Gasteiger partial charge in [0.2, 0.25) is 0 Å². The summed E-state index contributed by atoms with van der Waals surface area (Å²) in [5.41, 5.74) is 8.80. The van der Waals surface area contributed by atoms with E-state index >= 15 is 0 Å². The van der Waals surface area contributed by atoms with Crippen molar-refractivity contribution in [2.45, 2.75) is 33.1 Å². The van der Waals surface area contributed by atoms with Crippen molar-refractivity contribution < 1.29 is 10.2 Å². The molecule has 2 aromatic rings. The number of aromatic hydroxyl groups is 2. The van der Waals surface area contributed by atoms with E-state index in [9.17, 15) is 10.2 Å². The Kier molecular flexibility index (Phi) is 2.63. The van der Waals surface area contributed by atoms with Crippen LogP contribution >= 0.6 is 0 Å². The van der Waals surface area contributed by atoms with Gasteiger partial charge in [0.05, 0.1) is 5.41 Å². The van der Waals surface area contributed by atoms with E-state index in [-0.39, 0.29) is 11.2 Å². The van der Waals surface area contributed by atoms with E-state index in [1.165, 1.54) is 16.7 Å². The van der Waals surface area contributed by atoms with Gasteiger partial charge < -0.3 is 10.2 Å². The Morgan fingerprint density at radius 1 is 0.870 bits per heavy atom. The van der Waals surface area contributed by atoms with Crippen molar-refractivity contribution in [3.8, 4) is 11.5 Å². The van der Waals surface area contributed by atoms with Gasteiger partial charge in [-0.05, 0) is 84.8 Å². The molecule has 2 aliphatic carbocycles. The summed E-state index contributed by atoms with van der Waals surface area (Å²) in [5, 5.41) is 20.4. The first kappa shape index (κ1) is 14.1. The largest absolute Gasteiger partial charge is 0.508 e. The minimum absolute atomic E-state index is 0.277. The third kappa shape index (κ3) is 1.53. The SMILES string of the molecule is CC1=C(C)[C@@]2(C=Cc3ccc(O)cc32)c2cc(O)c(C)c(C)c21. The minimum Gasteiger partial charge on any atom is -0.508 e. The quantitative estimate of drug-likeness (QED) is 0.731. The zero-order chi connectivity index (χ0) is 16.5. The molecule has 4 rings (SSSR count). The summed E-state index contributed by atoms with van der Waals surface area (Å²) >= 11 is 0. The monoisotopic (exact) mass is 304 g/mol. The van der Waals surface area contributed by atoms with Crippen molar-refractivity contribution in [2.24, 2.45) is 0 Å². The van der Waals surface area contributed by atoms with Crippen LogP contribution in [0.15, 0.2) is 35.9 Å². The highest BCUT2D eigenvalue weighted by molar-refractivity contribution is 5.89. The average molecular weight is 304 g/mol. The zero-order valence-electron chi connectivity index (χ0n) is 13.9. The Labute approximate surface area is 136 Å². The molecule has 0 radical (unpaired) electrons.